The Balaban J connectivity index is 1.37. The highest BCUT2D eigenvalue weighted by atomic mass is 19.2. The highest BCUT2D eigenvalue weighted by Crippen LogP contribution is 2.30. The molecule has 0 spiro atoms. The number of carbonyl (C=O) groups is 3. The number of nitrogens with zero attached hydrogens (tertiary/aromatic N) is 1. The summed E-state index contributed by atoms with van der Waals surface area (Å²) in [5.74, 6) is -2.45. The Morgan fingerprint density at radius 1 is 0.947 bits per heavy atom. The molecule has 2 N–H and O–H groups in total. The van der Waals surface area contributed by atoms with Crippen molar-refractivity contribution >= 4 is 23.6 Å². The molecule has 1 aliphatic rings. The zero-order chi connectivity index (χ0) is 27.2. The Morgan fingerprint density at radius 3 is 2.24 bits per heavy atom. The number of hydrogen-bond donors (Lipinski definition) is 2. The van der Waals surface area contributed by atoms with Gasteiger partial charge in [0.2, 0.25) is 0 Å². The van der Waals surface area contributed by atoms with Crippen LogP contribution in [0.4, 0.5) is 19.3 Å². The van der Waals surface area contributed by atoms with E-state index in [4.69, 9.17) is 0 Å². The summed E-state index contributed by atoms with van der Waals surface area (Å²) in [6, 6.07) is 17.7. The highest BCUT2D eigenvalue weighted by Gasteiger charge is 2.27. The SMILES string of the molecule is COC(=O)N[C@@H](C(=O)Nc1ccc(C2CCN(C(=O)c3ccc(F)c(F)c3C)CC2)cc1)c1ccccc1. The van der Waals surface area contributed by atoms with Crippen molar-refractivity contribution in [2.45, 2.75) is 31.7 Å². The molecule has 9 heteroatoms. The number of rotatable bonds is 6. The summed E-state index contributed by atoms with van der Waals surface area (Å²) in [6.07, 6.45) is 0.729. The minimum absolute atomic E-state index is 0.0195. The van der Waals surface area contributed by atoms with Gasteiger partial charge in [0.15, 0.2) is 11.6 Å². The van der Waals surface area contributed by atoms with Crippen LogP contribution in [-0.2, 0) is 9.53 Å². The number of carbonyl (C=O) groups excluding carboxylic acids is 3. The van der Waals surface area contributed by atoms with E-state index >= 15 is 0 Å². The normalized spacial score (nSPS) is 14.5. The van der Waals surface area contributed by atoms with Crippen molar-refractivity contribution in [3.8, 4) is 0 Å². The van der Waals surface area contributed by atoms with Gasteiger partial charge in [-0.3, -0.25) is 9.59 Å². The Hall–Kier alpha value is -4.27. The number of ether oxygens (including phenoxy) is 1. The molecule has 1 fully saturated rings. The summed E-state index contributed by atoms with van der Waals surface area (Å²) >= 11 is 0. The fourth-order valence-electron chi connectivity index (χ4n) is 4.65. The quantitative estimate of drug-likeness (QED) is 0.459. The summed E-state index contributed by atoms with van der Waals surface area (Å²) in [6.45, 7) is 2.41. The van der Waals surface area contributed by atoms with Crippen molar-refractivity contribution in [1.29, 1.82) is 0 Å². The summed E-state index contributed by atoms with van der Waals surface area (Å²) in [4.78, 5) is 39.3. The molecule has 4 rings (SSSR count). The second-order valence-electron chi connectivity index (χ2n) is 9.19. The van der Waals surface area contributed by atoms with E-state index < -0.39 is 29.7 Å². The molecule has 0 aliphatic carbocycles. The van der Waals surface area contributed by atoms with Crippen LogP contribution >= 0.6 is 0 Å². The van der Waals surface area contributed by atoms with E-state index in [1.165, 1.54) is 20.1 Å². The van der Waals surface area contributed by atoms with Crippen molar-refractivity contribution in [1.82, 2.24) is 10.2 Å². The van der Waals surface area contributed by atoms with Crippen molar-refractivity contribution in [2.75, 3.05) is 25.5 Å². The first kappa shape index (κ1) is 26.8. The lowest BCUT2D eigenvalue weighted by molar-refractivity contribution is -0.118. The molecular weight excluding hydrogens is 492 g/mol. The number of anilines is 1. The van der Waals surface area contributed by atoms with Gasteiger partial charge in [0.1, 0.15) is 6.04 Å². The number of hydrogen-bond acceptors (Lipinski definition) is 4. The topological polar surface area (TPSA) is 87.7 Å². The molecule has 0 unspecified atom stereocenters. The summed E-state index contributed by atoms with van der Waals surface area (Å²) < 4.78 is 32.0. The third kappa shape index (κ3) is 5.99. The van der Waals surface area contributed by atoms with Gasteiger partial charge in [-0.2, -0.15) is 0 Å². The van der Waals surface area contributed by atoms with Crippen molar-refractivity contribution in [3.05, 3.63) is 101 Å². The molecule has 0 bridgehead atoms. The number of methoxy groups -OCH3 is 1. The van der Waals surface area contributed by atoms with Gasteiger partial charge in [0.05, 0.1) is 7.11 Å². The van der Waals surface area contributed by atoms with E-state index in [-0.39, 0.29) is 23.0 Å². The maximum atomic E-state index is 13.9. The van der Waals surface area contributed by atoms with Gasteiger partial charge < -0.3 is 20.3 Å². The Labute approximate surface area is 219 Å². The second kappa shape index (κ2) is 11.9. The molecule has 3 aromatic carbocycles. The molecule has 1 saturated heterocycles. The largest absolute Gasteiger partial charge is 0.453 e. The highest BCUT2D eigenvalue weighted by molar-refractivity contribution is 5.97. The first-order chi connectivity index (χ1) is 18.3. The Kier molecular flexibility index (Phi) is 8.35. The smallest absolute Gasteiger partial charge is 0.407 e. The van der Waals surface area contributed by atoms with E-state index in [1.54, 1.807) is 41.3 Å². The van der Waals surface area contributed by atoms with Gasteiger partial charge in [0.25, 0.3) is 11.8 Å². The van der Waals surface area contributed by atoms with Crippen LogP contribution < -0.4 is 10.6 Å². The minimum atomic E-state index is -0.992. The van der Waals surface area contributed by atoms with Crippen molar-refractivity contribution in [2.24, 2.45) is 0 Å². The average molecular weight is 522 g/mol. The van der Waals surface area contributed by atoms with E-state index in [1.807, 2.05) is 18.2 Å². The number of alkyl carbamates (subject to hydrolysis) is 1. The molecule has 1 aliphatic heterocycles. The molecule has 0 saturated carbocycles. The predicted molar refractivity (Wildman–Crippen MR) is 139 cm³/mol. The Bertz CT molecular complexity index is 1310. The number of likely N-dealkylation sites (tertiary alicyclic amines) is 1. The molecule has 1 atom stereocenters. The van der Waals surface area contributed by atoms with Crippen LogP contribution in [0.1, 0.15) is 51.8 Å². The van der Waals surface area contributed by atoms with E-state index in [9.17, 15) is 23.2 Å². The zero-order valence-electron chi connectivity index (χ0n) is 21.2. The van der Waals surface area contributed by atoms with Crippen LogP contribution in [0.5, 0.6) is 0 Å². The number of nitrogens with one attached hydrogen (secondary N) is 2. The molecule has 198 valence electrons. The van der Waals surface area contributed by atoms with Gasteiger partial charge in [-0.25, -0.2) is 13.6 Å². The number of piperidine rings is 1. The second-order valence-corrected chi connectivity index (χ2v) is 9.19. The van der Waals surface area contributed by atoms with E-state index in [0.717, 1.165) is 24.5 Å². The van der Waals surface area contributed by atoms with Crippen LogP contribution in [0.2, 0.25) is 0 Å². The number of amides is 3. The van der Waals surface area contributed by atoms with Gasteiger partial charge in [0, 0.05) is 29.9 Å². The number of halogens is 2. The molecule has 0 aromatic heterocycles. The van der Waals surface area contributed by atoms with E-state index in [0.29, 0.717) is 24.3 Å². The number of benzene rings is 3. The van der Waals surface area contributed by atoms with Crippen LogP contribution in [0.25, 0.3) is 0 Å². The van der Waals surface area contributed by atoms with Gasteiger partial charge in [-0.1, -0.05) is 42.5 Å². The third-order valence-corrected chi connectivity index (χ3v) is 6.84. The monoisotopic (exact) mass is 521 g/mol. The maximum absolute atomic E-state index is 13.9. The summed E-state index contributed by atoms with van der Waals surface area (Å²) in [7, 11) is 1.23. The molecular formula is C29H29F2N3O4. The van der Waals surface area contributed by atoms with E-state index in [2.05, 4.69) is 15.4 Å². The lowest BCUT2D eigenvalue weighted by Gasteiger charge is -2.32. The van der Waals surface area contributed by atoms with Crippen LogP contribution in [0.15, 0.2) is 66.7 Å². The van der Waals surface area contributed by atoms with Crippen LogP contribution in [0, 0.1) is 18.6 Å². The molecule has 0 radical (unpaired) electrons. The fraction of sp³-hybridized carbons (Fsp3) is 0.276. The molecule has 1 heterocycles. The fourth-order valence-corrected chi connectivity index (χ4v) is 4.65. The lowest BCUT2D eigenvalue weighted by Crippen LogP contribution is -2.38. The predicted octanol–water partition coefficient (Wildman–Crippen LogP) is 5.33. The molecule has 38 heavy (non-hydrogen) atoms. The lowest BCUT2D eigenvalue weighted by atomic mass is 9.89. The third-order valence-electron chi connectivity index (χ3n) is 6.84. The Morgan fingerprint density at radius 2 is 1.61 bits per heavy atom. The average Bonchev–Trinajstić information content (AvgIpc) is 2.95. The summed E-state index contributed by atoms with van der Waals surface area (Å²) in [5.41, 5.74) is 2.47. The molecule has 3 amide bonds. The van der Waals surface area contributed by atoms with Gasteiger partial charge in [-0.15, -0.1) is 0 Å². The first-order valence-corrected chi connectivity index (χ1v) is 12.3. The van der Waals surface area contributed by atoms with Crippen molar-refractivity contribution < 1.29 is 27.9 Å². The van der Waals surface area contributed by atoms with Gasteiger partial charge in [-0.05, 0) is 61.1 Å². The molecule has 3 aromatic rings. The standard InChI is InChI=1S/C29H29F2N3O4/c1-18-23(12-13-24(30)25(18)31)28(36)34-16-14-20(15-17-34)19-8-10-22(11-9-19)32-27(35)26(33-29(37)38-2)21-6-4-3-5-7-21/h3-13,20,26H,14-17H2,1-2H3,(H,32,35)(H,33,37)/t26-/m1/s1. The maximum Gasteiger partial charge on any atom is 0.407 e. The van der Waals surface area contributed by atoms with Gasteiger partial charge >= 0.3 is 6.09 Å². The van der Waals surface area contributed by atoms with Crippen molar-refractivity contribution in [3.63, 3.8) is 0 Å². The van der Waals surface area contributed by atoms with Crippen LogP contribution in [0.3, 0.4) is 0 Å². The molecule has 7 nitrogen and oxygen atoms in total. The first-order valence-electron chi connectivity index (χ1n) is 12.3. The summed E-state index contributed by atoms with van der Waals surface area (Å²) in [5, 5.41) is 5.39. The zero-order valence-corrected chi connectivity index (χ0v) is 21.2. The minimum Gasteiger partial charge on any atom is -0.453 e. The van der Waals surface area contributed by atoms with Crippen LogP contribution in [-0.4, -0.2) is 43.0 Å².